The van der Waals surface area contributed by atoms with E-state index in [-0.39, 0.29) is 20.1 Å². The molecule has 0 spiro atoms. The maximum atomic E-state index is 8.02. The fraction of sp³-hybridized carbons (Fsp3) is 0.237. The molecule has 0 aliphatic rings. The van der Waals surface area contributed by atoms with Crippen molar-refractivity contribution in [2.75, 3.05) is 0 Å². The Kier molecular flexibility index (Phi) is 9.37. The molecule has 1 radical (unpaired) electrons. The van der Waals surface area contributed by atoms with Gasteiger partial charge in [0.1, 0.15) is 0 Å². The molecule has 0 amide bonds. The number of fused-ring (bicyclic) bond motifs is 4. The van der Waals surface area contributed by atoms with Crippen molar-refractivity contribution in [2.45, 2.75) is 57.4 Å². The fourth-order valence-corrected chi connectivity index (χ4v) is 7.53. The molecule has 45 heavy (non-hydrogen) atoms. The number of nitrogens with zero attached hydrogens (tertiary/aromatic N) is 4. The van der Waals surface area contributed by atoms with Gasteiger partial charge in [0.05, 0.1) is 22.4 Å². The van der Waals surface area contributed by atoms with Gasteiger partial charge in [0.15, 0.2) is 0 Å². The standard InChI is InChI=1S/C21H16N3O.C17H22GeN.Ir/c1-3-24-18-10-5-4-9-17(18)23-20(24)16-8-6-7-14-15-12-11-13(2)22-21(15)25-19(14)16;1-13(2)14-6-8-15(9-7-14)17-11-10-16(12-19-17)18(3,4)5;/h4-7,9-12H,3H2,1-2H3;6-8,10-13H,1-5H3;/q2*-1;/i;13D;. The summed E-state index contributed by atoms with van der Waals surface area (Å²) in [4.78, 5) is 13.9. The molecule has 0 aliphatic heterocycles. The third-order valence-electron chi connectivity index (χ3n) is 7.93. The molecule has 7 aromatic rings. The van der Waals surface area contributed by atoms with E-state index in [9.17, 15) is 0 Å². The number of furan rings is 1. The molecule has 4 aromatic heterocycles. The number of aromatic nitrogens is 4. The average molecular weight is 833 g/mol. The smallest absolute Gasteiger partial charge is 0 e. The van der Waals surface area contributed by atoms with Gasteiger partial charge < -0.3 is 8.98 Å². The number of pyridine rings is 2. The van der Waals surface area contributed by atoms with Crippen LogP contribution in [0.1, 0.15) is 39.3 Å². The molecule has 3 aromatic carbocycles. The molecule has 0 N–H and O–H groups in total. The van der Waals surface area contributed by atoms with Crippen LogP contribution in [0, 0.1) is 19.1 Å². The van der Waals surface area contributed by atoms with Gasteiger partial charge in [-0.05, 0) is 38.1 Å². The number of hydrogen-bond donors (Lipinski definition) is 0. The van der Waals surface area contributed by atoms with Gasteiger partial charge in [-0.15, -0.1) is 18.2 Å². The van der Waals surface area contributed by atoms with Gasteiger partial charge in [-0.3, -0.25) is 4.98 Å². The molecule has 0 fully saturated rings. The molecule has 0 bridgehead atoms. The number of rotatable bonds is 5. The van der Waals surface area contributed by atoms with Crippen LogP contribution in [-0.4, -0.2) is 32.8 Å². The summed E-state index contributed by atoms with van der Waals surface area (Å²) in [5.74, 6) is 7.41. The number of imidazole rings is 1. The van der Waals surface area contributed by atoms with Crippen LogP contribution in [-0.2, 0) is 26.7 Å². The van der Waals surface area contributed by atoms with E-state index in [0.29, 0.717) is 5.71 Å². The number of benzene rings is 3. The molecule has 5 nitrogen and oxygen atoms in total. The van der Waals surface area contributed by atoms with Gasteiger partial charge >= 0.3 is 120 Å². The molecule has 7 rings (SSSR count). The van der Waals surface area contributed by atoms with Crippen molar-refractivity contribution in [3.63, 3.8) is 0 Å². The Morgan fingerprint density at radius 2 is 1.73 bits per heavy atom. The predicted molar refractivity (Wildman–Crippen MR) is 185 cm³/mol. The summed E-state index contributed by atoms with van der Waals surface area (Å²) in [6.07, 6.45) is 2.02. The first-order valence-corrected chi connectivity index (χ1v) is 22.4. The summed E-state index contributed by atoms with van der Waals surface area (Å²) in [6.45, 7) is 8.70. The van der Waals surface area contributed by atoms with Crippen LogP contribution in [0.3, 0.4) is 0 Å². The summed E-state index contributed by atoms with van der Waals surface area (Å²) in [6, 6.07) is 33.0. The van der Waals surface area contributed by atoms with E-state index in [2.05, 4.69) is 75.1 Å². The van der Waals surface area contributed by atoms with Gasteiger partial charge in [0.25, 0.3) is 0 Å². The summed E-state index contributed by atoms with van der Waals surface area (Å²) < 4.78 is 17.7. The summed E-state index contributed by atoms with van der Waals surface area (Å²) in [5.41, 5.74) is 8.30. The molecule has 231 valence electrons. The molecular weight excluding hydrogens is 793 g/mol. The second kappa shape index (κ2) is 13.4. The van der Waals surface area contributed by atoms with Crippen LogP contribution < -0.4 is 4.40 Å². The average Bonchev–Trinajstić information content (AvgIpc) is 3.58. The van der Waals surface area contributed by atoms with Gasteiger partial charge in [-0.2, -0.15) is 0 Å². The van der Waals surface area contributed by atoms with E-state index < -0.39 is 19.2 Å². The van der Waals surface area contributed by atoms with E-state index in [4.69, 9.17) is 10.8 Å². The van der Waals surface area contributed by atoms with Crippen LogP contribution in [0.25, 0.3) is 55.7 Å². The van der Waals surface area contributed by atoms with Gasteiger partial charge in [-0.25, -0.2) is 4.98 Å². The van der Waals surface area contributed by atoms with Crippen molar-refractivity contribution in [2.24, 2.45) is 0 Å². The molecule has 0 saturated carbocycles. The molecule has 0 unspecified atom stereocenters. The van der Waals surface area contributed by atoms with Crippen LogP contribution in [0.15, 0.2) is 89.5 Å². The van der Waals surface area contributed by atoms with Crippen LogP contribution in [0.4, 0.5) is 0 Å². The Balaban J connectivity index is 0.000000182. The summed E-state index contributed by atoms with van der Waals surface area (Å²) >= 11 is -1.78. The van der Waals surface area contributed by atoms with E-state index in [0.717, 1.165) is 67.8 Å². The zero-order valence-electron chi connectivity index (χ0n) is 27.8. The van der Waals surface area contributed by atoms with Crippen LogP contribution >= 0.6 is 0 Å². The molecule has 0 aliphatic carbocycles. The van der Waals surface area contributed by atoms with Gasteiger partial charge in [0, 0.05) is 37.7 Å². The van der Waals surface area contributed by atoms with Gasteiger partial charge in [-0.1, -0.05) is 23.1 Å². The largest absolute Gasteiger partial charge is 0 e. The first-order chi connectivity index (χ1) is 21.4. The van der Waals surface area contributed by atoms with Crippen molar-refractivity contribution in [3.8, 4) is 22.6 Å². The summed E-state index contributed by atoms with van der Waals surface area (Å²) in [7, 11) is 0. The normalized spacial score (nSPS) is 12.1. The molecule has 7 heteroatoms. The Morgan fingerprint density at radius 1 is 0.933 bits per heavy atom. The minimum atomic E-state index is -1.78. The van der Waals surface area contributed by atoms with Crippen molar-refractivity contribution >= 4 is 50.8 Å². The Morgan fingerprint density at radius 3 is 2.40 bits per heavy atom. The minimum Gasteiger partial charge on any atom is 0 e. The molecule has 0 atom stereocenters. The van der Waals surface area contributed by atoms with E-state index >= 15 is 0 Å². The Labute approximate surface area is 283 Å². The third kappa shape index (κ3) is 6.69. The minimum absolute atomic E-state index is 0. The van der Waals surface area contributed by atoms with E-state index in [1.54, 1.807) is 0 Å². The number of hydrogen-bond acceptors (Lipinski definition) is 4. The monoisotopic (exact) mass is 834 g/mol. The first kappa shape index (κ1) is 31.4. The Hall–Kier alpha value is -3.58. The van der Waals surface area contributed by atoms with E-state index in [1.165, 1.54) is 4.40 Å². The van der Waals surface area contributed by atoms with Crippen molar-refractivity contribution in [1.29, 1.82) is 0 Å². The molecule has 0 saturated heterocycles. The third-order valence-corrected chi connectivity index (χ3v) is 12.2. The first-order valence-electron chi connectivity index (χ1n) is 15.6. The maximum absolute atomic E-state index is 8.02. The zero-order valence-corrected chi connectivity index (χ0v) is 31.3. The van der Waals surface area contributed by atoms with Crippen LogP contribution in [0.2, 0.25) is 17.3 Å². The molecular formula is C38H38GeIrN4O-2. The molecule has 4 heterocycles. The zero-order chi connectivity index (χ0) is 31.9. The summed E-state index contributed by atoms with van der Waals surface area (Å²) in [5, 5.41) is 2.07. The Bertz CT molecular complexity index is 2070. The van der Waals surface area contributed by atoms with Crippen molar-refractivity contribution < 1.29 is 25.9 Å². The van der Waals surface area contributed by atoms with E-state index in [1.807, 2.05) is 81.6 Å². The number of para-hydroxylation sites is 2. The maximum Gasteiger partial charge on any atom is 0 e. The predicted octanol–water partition coefficient (Wildman–Crippen LogP) is 9.34. The quantitative estimate of drug-likeness (QED) is 0.128. The second-order valence-electron chi connectivity index (χ2n) is 12.3. The SMILES string of the molecule is CCn1c(-c2[c-]ccc3c2oc2nc(C)ccc23)nc2ccccc21.[2H]C(C)(C)c1c[c-]c(-c2cc[c]([Ge]([CH3])([CH3])[CH3])cn2)cc1.[Ir]. The van der Waals surface area contributed by atoms with Gasteiger partial charge in [0.2, 0.25) is 5.71 Å². The van der Waals surface area contributed by atoms with Crippen LogP contribution in [0.5, 0.6) is 0 Å². The van der Waals surface area contributed by atoms with Crippen molar-refractivity contribution in [3.05, 3.63) is 108 Å². The topological polar surface area (TPSA) is 56.7 Å². The fourth-order valence-electron chi connectivity index (χ4n) is 5.36. The van der Waals surface area contributed by atoms with Crippen molar-refractivity contribution in [1.82, 2.24) is 19.5 Å². The number of aryl methyl sites for hydroxylation is 2. The second-order valence-corrected chi connectivity index (χ2v) is 23.0.